The van der Waals surface area contributed by atoms with Crippen molar-refractivity contribution in [3.8, 4) is 0 Å². The highest BCUT2D eigenvalue weighted by Crippen LogP contribution is 2.39. The number of carbonyl (C=O) groups is 1. The summed E-state index contributed by atoms with van der Waals surface area (Å²) in [6.45, 7) is 5.80. The van der Waals surface area contributed by atoms with Crippen molar-refractivity contribution in [2.45, 2.75) is 68.1 Å². The van der Waals surface area contributed by atoms with Crippen molar-refractivity contribution in [3.63, 3.8) is 0 Å². The Morgan fingerprint density at radius 3 is 2.06 bits per heavy atom. The summed E-state index contributed by atoms with van der Waals surface area (Å²) >= 11 is 2.97. The maximum atomic E-state index is 10.9. The van der Waals surface area contributed by atoms with Crippen molar-refractivity contribution in [2.75, 3.05) is 27.3 Å². The van der Waals surface area contributed by atoms with Crippen LogP contribution in [0.1, 0.15) is 20.8 Å². The first-order valence-electron chi connectivity index (χ1n) is 10.9. The van der Waals surface area contributed by atoms with Gasteiger partial charge in [0.05, 0.1) is 24.8 Å². The number of nitrogens with one attached hydrogen (secondary N) is 2. The molecule has 11 nitrogen and oxygen atoms in total. The number of aliphatic hydroxyl groups excluding tert-OH is 3. The van der Waals surface area contributed by atoms with E-state index in [0.717, 1.165) is 5.17 Å². The number of esters is 1. The number of aliphatic imine (C=N–C) groups is 2. The normalized spacial score (nSPS) is 44.2. The molecule has 4 fully saturated rings. The van der Waals surface area contributed by atoms with E-state index in [0.29, 0.717) is 23.6 Å². The van der Waals surface area contributed by atoms with Crippen LogP contribution in [0.3, 0.4) is 0 Å². The molecule has 33 heavy (non-hydrogen) atoms. The molecule has 0 radical (unpaired) electrons. The summed E-state index contributed by atoms with van der Waals surface area (Å²) in [5, 5.41) is 36.3. The van der Waals surface area contributed by atoms with E-state index in [9.17, 15) is 15.0 Å². The van der Waals surface area contributed by atoms with Crippen molar-refractivity contribution >= 4 is 39.8 Å². The van der Waals surface area contributed by atoms with Gasteiger partial charge in [0.15, 0.2) is 10.3 Å². The monoisotopic (exact) mass is 506 g/mol. The second-order valence-electron chi connectivity index (χ2n) is 8.40. The average molecular weight is 507 g/mol. The molecule has 0 aliphatic carbocycles. The number of hydrogen-bond donors (Lipinski definition) is 5. The molecule has 0 aromatic heterocycles. The highest BCUT2D eigenvalue weighted by molar-refractivity contribution is 8.14. The van der Waals surface area contributed by atoms with Crippen LogP contribution in [-0.4, -0.2) is 106 Å². The van der Waals surface area contributed by atoms with Crippen LogP contribution in [0.5, 0.6) is 0 Å². The Balaban J connectivity index is 0.000000189. The van der Waals surface area contributed by atoms with Gasteiger partial charge in [0.1, 0.15) is 35.8 Å². The third-order valence-electron chi connectivity index (χ3n) is 6.36. The summed E-state index contributed by atoms with van der Waals surface area (Å²) in [6.07, 6.45) is -2.78. The molecule has 0 saturated carbocycles. The van der Waals surface area contributed by atoms with E-state index in [2.05, 4.69) is 34.5 Å². The molecule has 0 bridgehead atoms. The zero-order valence-corrected chi connectivity index (χ0v) is 21.0. The molecule has 4 aliphatic rings. The number of aliphatic hydroxyl groups is 3. The van der Waals surface area contributed by atoms with E-state index >= 15 is 0 Å². The predicted octanol–water partition coefficient (Wildman–Crippen LogP) is -0.646. The first-order chi connectivity index (χ1) is 15.7. The van der Waals surface area contributed by atoms with Gasteiger partial charge in [-0.3, -0.25) is 14.8 Å². The van der Waals surface area contributed by atoms with Gasteiger partial charge in [-0.05, 0) is 11.8 Å². The van der Waals surface area contributed by atoms with Gasteiger partial charge >= 0.3 is 5.97 Å². The molecular formula is C20H34N4O7S2. The minimum atomic E-state index is -1.07. The van der Waals surface area contributed by atoms with Gasteiger partial charge in [0.25, 0.3) is 0 Å². The smallest absolute Gasteiger partial charge is 0.302 e. The Hall–Kier alpha value is -1.09. The topological polar surface area (TPSA) is 154 Å². The van der Waals surface area contributed by atoms with Crippen LogP contribution in [0.4, 0.5) is 0 Å². The van der Waals surface area contributed by atoms with Gasteiger partial charge in [-0.15, -0.1) is 0 Å². The number of amidine groups is 2. The second-order valence-corrected chi connectivity index (χ2v) is 10.6. The lowest BCUT2D eigenvalue weighted by molar-refractivity contribution is -0.167. The molecule has 188 valence electrons. The van der Waals surface area contributed by atoms with Crippen LogP contribution in [0.25, 0.3) is 0 Å². The van der Waals surface area contributed by atoms with Crippen molar-refractivity contribution in [1.29, 1.82) is 0 Å². The Morgan fingerprint density at radius 2 is 1.52 bits per heavy atom. The van der Waals surface area contributed by atoms with Crippen molar-refractivity contribution in [3.05, 3.63) is 0 Å². The van der Waals surface area contributed by atoms with Crippen LogP contribution >= 0.6 is 23.5 Å². The Morgan fingerprint density at radius 1 is 0.970 bits per heavy atom. The third kappa shape index (κ3) is 5.95. The van der Waals surface area contributed by atoms with E-state index in [-0.39, 0.29) is 41.6 Å². The molecule has 5 N–H and O–H groups in total. The average Bonchev–Trinajstić information content (AvgIpc) is 3.42. The van der Waals surface area contributed by atoms with Crippen LogP contribution < -0.4 is 10.6 Å². The van der Waals surface area contributed by atoms with Crippen LogP contribution in [-0.2, 0) is 19.0 Å². The number of hydrogen-bond acceptors (Lipinski definition) is 11. The molecule has 10 atom stereocenters. The summed E-state index contributed by atoms with van der Waals surface area (Å²) < 4.78 is 16.5. The quantitative estimate of drug-likeness (QED) is 0.310. The Bertz CT molecular complexity index is 758. The molecule has 4 aliphatic heterocycles. The lowest BCUT2D eigenvalue weighted by atomic mass is 9.83. The van der Waals surface area contributed by atoms with E-state index in [1.165, 1.54) is 18.7 Å². The minimum absolute atomic E-state index is 0.0318. The molecule has 4 heterocycles. The number of nitrogens with zero attached hydrogens (tertiary/aromatic N) is 2. The number of ether oxygens (including phenoxy) is 3. The predicted molar refractivity (Wildman–Crippen MR) is 127 cm³/mol. The van der Waals surface area contributed by atoms with E-state index in [4.69, 9.17) is 19.3 Å². The highest BCUT2D eigenvalue weighted by atomic mass is 32.2. The summed E-state index contributed by atoms with van der Waals surface area (Å²) in [4.78, 5) is 19.0. The number of fused-ring (bicyclic) bond motifs is 2. The molecule has 0 amide bonds. The maximum absolute atomic E-state index is 10.9. The largest absolute Gasteiger partial charge is 0.463 e. The number of carbonyl (C=O) groups excluding carboxylic acids is 1. The molecule has 13 heteroatoms. The third-order valence-corrected chi connectivity index (χ3v) is 8.68. The SMILES string of the molecule is CN=C1N[C@@H]2[C@@H](C)[C@H](C)[C@@H](COC(C)=O)O[C@@H]2S1.CN=C1N[C@@H]2[C@@H](O)[C@H](O)[C@@H](CO)O[C@@H]2S1. The molecule has 0 aromatic carbocycles. The fourth-order valence-corrected chi connectivity index (χ4v) is 6.42. The van der Waals surface area contributed by atoms with Gasteiger partial charge in [-0.25, -0.2) is 0 Å². The molecule has 4 rings (SSSR count). The summed E-state index contributed by atoms with van der Waals surface area (Å²) in [6, 6.07) is -0.0798. The molecule has 4 saturated heterocycles. The molecule has 0 spiro atoms. The van der Waals surface area contributed by atoms with Gasteiger partial charge in [0, 0.05) is 21.0 Å². The molecule has 0 aromatic rings. The minimum Gasteiger partial charge on any atom is -0.463 e. The van der Waals surface area contributed by atoms with Crippen LogP contribution in [0, 0.1) is 11.8 Å². The second kappa shape index (κ2) is 11.6. The fourth-order valence-electron chi connectivity index (χ4n) is 4.13. The van der Waals surface area contributed by atoms with E-state index in [1.54, 1.807) is 25.9 Å². The zero-order valence-electron chi connectivity index (χ0n) is 19.4. The summed E-state index contributed by atoms with van der Waals surface area (Å²) in [7, 11) is 3.41. The van der Waals surface area contributed by atoms with E-state index in [1.807, 2.05) is 0 Å². The molecular weight excluding hydrogens is 472 g/mol. The van der Waals surface area contributed by atoms with Gasteiger partial charge in [-0.1, -0.05) is 37.4 Å². The number of thioether (sulfide) groups is 2. The summed E-state index contributed by atoms with van der Waals surface area (Å²) in [5.74, 6) is 0.541. The van der Waals surface area contributed by atoms with Crippen molar-refractivity contribution in [1.82, 2.24) is 10.6 Å². The zero-order chi connectivity index (χ0) is 24.3. The Kier molecular flexibility index (Phi) is 9.29. The lowest BCUT2D eigenvalue weighted by Crippen LogP contribution is -2.59. The van der Waals surface area contributed by atoms with Crippen molar-refractivity contribution in [2.24, 2.45) is 21.8 Å². The highest BCUT2D eigenvalue weighted by Gasteiger charge is 2.49. The first-order valence-corrected chi connectivity index (χ1v) is 12.7. The van der Waals surface area contributed by atoms with Gasteiger partial charge < -0.3 is 40.2 Å². The number of rotatable bonds is 3. The first kappa shape index (κ1) is 26.5. The van der Waals surface area contributed by atoms with Crippen LogP contribution in [0.15, 0.2) is 9.98 Å². The fraction of sp³-hybridized carbons (Fsp3) is 0.850. The van der Waals surface area contributed by atoms with E-state index < -0.39 is 18.3 Å². The van der Waals surface area contributed by atoms with Gasteiger partial charge in [0.2, 0.25) is 0 Å². The van der Waals surface area contributed by atoms with Gasteiger partial charge in [-0.2, -0.15) is 0 Å². The van der Waals surface area contributed by atoms with Crippen LogP contribution in [0.2, 0.25) is 0 Å². The molecule has 0 unspecified atom stereocenters. The Labute approximate surface area is 202 Å². The summed E-state index contributed by atoms with van der Waals surface area (Å²) in [5.41, 5.74) is -0.241. The lowest BCUT2D eigenvalue weighted by Gasteiger charge is -2.40. The van der Waals surface area contributed by atoms with Crippen molar-refractivity contribution < 1.29 is 34.3 Å². The maximum Gasteiger partial charge on any atom is 0.302 e. The standard InChI is InChI=1S/C12H20N2O3S.C8H14N2O4S/c1-6-7(2)10-11(18-12(13-4)14-10)17-9(6)5-16-8(3)15;1-9-8-10-4-6(13)5(12)3(2-11)14-7(4)15-8/h6-7,9-11H,5H2,1-4H3,(H,13,14);3-7,11-13H,2H2,1H3,(H,9,10)/t6-,7-,9+,10+,11+;3-,4-,5-,6-,7-/m01/s1.